The van der Waals surface area contributed by atoms with Crippen molar-refractivity contribution >= 4 is 50.4 Å². The van der Waals surface area contributed by atoms with E-state index in [0.29, 0.717) is 22.8 Å². The normalized spacial score (nSPS) is 15.7. The highest BCUT2D eigenvalue weighted by Gasteiger charge is 2.24. The lowest BCUT2D eigenvalue weighted by molar-refractivity contribution is -0.122. The van der Waals surface area contributed by atoms with Gasteiger partial charge < -0.3 is 20.7 Å². The van der Waals surface area contributed by atoms with E-state index in [4.69, 9.17) is 9.72 Å². The number of anilines is 3. The predicted molar refractivity (Wildman–Crippen MR) is 137 cm³/mol. The fourth-order valence-electron chi connectivity index (χ4n) is 3.72. The molecule has 172 valence electrons. The van der Waals surface area contributed by atoms with Crippen LogP contribution in [0.25, 0.3) is 20.8 Å². The monoisotopic (exact) mass is 472 g/mol. The third-order valence-corrected chi connectivity index (χ3v) is 6.70. The second kappa shape index (κ2) is 8.79. The predicted octanol–water partition coefficient (Wildman–Crippen LogP) is 5.43. The van der Waals surface area contributed by atoms with Crippen molar-refractivity contribution in [3.8, 4) is 16.3 Å². The van der Waals surface area contributed by atoms with Gasteiger partial charge in [-0.15, -0.1) is 11.3 Å². The molecule has 7 nitrogen and oxygen atoms in total. The molecule has 0 fully saturated rings. The zero-order valence-corrected chi connectivity index (χ0v) is 19.8. The fraction of sp³-hybridized carbons (Fsp3) is 0.192. The van der Waals surface area contributed by atoms with Gasteiger partial charge in [-0.25, -0.2) is 4.98 Å². The Balaban J connectivity index is 1.23. The van der Waals surface area contributed by atoms with Gasteiger partial charge in [-0.3, -0.25) is 9.59 Å². The van der Waals surface area contributed by atoms with Gasteiger partial charge in [0.2, 0.25) is 5.91 Å². The molecule has 2 atom stereocenters. The summed E-state index contributed by atoms with van der Waals surface area (Å²) >= 11 is 1.66. The van der Waals surface area contributed by atoms with Crippen molar-refractivity contribution in [1.29, 1.82) is 0 Å². The van der Waals surface area contributed by atoms with Gasteiger partial charge in [0, 0.05) is 16.9 Å². The van der Waals surface area contributed by atoms with Crippen LogP contribution in [-0.2, 0) is 9.59 Å². The molecule has 34 heavy (non-hydrogen) atoms. The van der Waals surface area contributed by atoms with Gasteiger partial charge in [-0.05, 0) is 80.9 Å². The van der Waals surface area contributed by atoms with Crippen molar-refractivity contribution < 1.29 is 14.3 Å². The molecule has 2 amide bonds. The van der Waals surface area contributed by atoms with Crippen molar-refractivity contribution in [2.24, 2.45) is 0 Å². The molecule has 3 N–H and O–H groups in total. The molecule has 0 spiro atoms. The number of hydrogen-bond acceptors (Lipinski definition) is 6. The van der Waals surface area contributed by atoms with Crippen molar-refractivity contribution in [2.75, 3.05) is 16.0 Å². The maximum atomic E-state index is 12.7. The first-order valence-electron chi connectivity index (χ1n) is 11.0. The SMILES string of the molecule is Cc1ccc2nc(-c3ccc(NC(=O)C(C)Nc4ccc5c(c4)NC(=O)C(C)O5)cc3)sc2c1. The number of rotatable bonds is 5. The molecule has 1 aliphatic rings. The topological polar surface area (TPSA) is 92.4 Å². The summed E-state index contributed by atoms with van der Waals surface area (Å²) in [5.74, 6) is 0.243. The average molecular weight is 473 g/mol. The second-order valence-electron chi connectivity index (χ2n) is 8.38. The maximum Gasteiger partial charge on any atom is 0.265 e. The molecular weight excluding hydrogens is 448 g/mol. The summed E-state index contributed by atoms with van der Waals surface area (Å²) in [6.07, 6.45) is -0.527. The third-order valence-electron chi connectivity index (χ3n) is 5.63. The van der Waals surface area contributed by atoms with Gasteiger partial charge in [-0.2, -0.15) is 0 Å². The lowest BCUT2D eigenvalue weighted by Crippen LogP contribution is -2.34. The molecule has 0 bridgehead atoms. The van der Waals surface area contributed by atoms with Crippen molar-refractivity contribution in [3.05, 3.63) is 66.2 Å². The number of carbonyl (C=O) groups excluding carboxylic acids is 2. The van der Waals surface area contributed by atoms with E-state index >= 15 is 0 Å². The highest BCUT2D eigenvalue weighted by Crippen LogP contribution is 2.33. The molecule has 1 aliphatic heterocycles. The van der Waals surface area contributed by atoms with Crippen LogP contribution in [0.15, 0.2) is 60.7 Å². The summed E-state index contributed by atoms with van der Waals surface area (Å²) in [7, 11) is 0. The van der Waals surface area contributed by atoms with Crippen LogP contribution in [0.4, 0.5) is 17.1 Å². The summed E-state index contributed by atoms with van der Waals surface area (Å²) in [4.78, 5) is 29.3. The average Bonchev–Trinajstić information content (AvgIpc) is 3.23. The Morgan fingerprint density at radius 2 is 1.85 bits per heavy atom. The Morgan fingerprint density at radius 1 is 1.09 bits per heavy atom. The summed E-state index contributed by atoms with van der Waals surface area (Å²) in [6, 6.07) is 18.8. The summed E-state index contributed by atoms with van der Waals surface area (Å²) in [5.41, 5.74) is 5.22. The van der Waals surface area contributed by atoms with Crippen LogP contribution in [0, 0.1) is 6.92 Å². The van der Waals surface area contributed by atoms with E-state index in [1.54, 1.807) is 37.3 Å². The van der Waals surface area contributed by atoms with E-state index in [0.717, 1.165) is 20.8 Å². The highest BCUT2D eigenvalue weighted by atomic mass is 32.1. The first kappa shape index (κ1) is 21.9. The maximum absolute atomic E-state index is 12.7. The Kier molecular flexibility index (Phi) is 5.67. The Hall–Kier alpha value is -3.91. The van der Waals surface area contributed by atoms with E-state index in [9.17, 15) is 9.59 Å². The number of hydrogen-bond donors (Lipinski definition) is 3. The van der Waals surface area contributed by atoms with E-state index < -0.39 is 12.1 Å². The minimum atomic E-state index is -0.527. The van der Waals surface area contributed by atoms with Gasteiger partial charge in [0.15, 0.2) is 6.10 Å². The molecule has 0 aliphatic carbocycles. The van der Waals surface area contributed by atoms with Crippen molar-refractivity contribution in [3.63, 3.8) is 0 Å². The quantitative estimate of drug-likeness (QED) is 0.360. The Labute approximate surface area is 201 Å². The number of aromatic nitrogens is 1. The van der Waals surface area contributed by atoms with Gasteiger partial charge in [0.1, 0.15) is 16.8 Å². The molecule has 1 aromatic heterocycles. The van der Waals surface area contributed by atoms with Crippen molar-refractivity contribution in [2.45, 2.75) is 32.9 Å². The number of nitrogens with one attached hydrogen (secondary N) is 3. The summed E-state index contributed by atoms with van der Waals surface area (Å²) in [6.45, 7) is 5.55. The zero-order chi connectivity index (χ0) is 23.8. The number of fused-ring (bicyclic) bond motifs is 2. The lowest BCUT2D eigenvalue weighted by Gasteiger charge is -2.24. The van der Waals surface area contributed by atoms with Gasteiger partial charge >= 0.3 is 0 Å². The molecule has 0 saturated heterocycles. The van der Waals surface area contributed by atoms with E-state index in [-0.39, 0.29) is 11.8 Å². The number of benzene rings is 3. The minimum absolute atomic E-state index is 0.171. The molecule has 5 rings (SSSR count). The van der Waals surface area contributed by atoms with Crippen LogP contribution in [0.1, 0.15) is 19.4 Å². The molecule has 2 heterocycles. The summed E-state index contributed by atoms with van der Waals surface area (Å²) in [5, 5.41) is 9.87. The standard InChI is InChI=1S/C26H24N4O3S/c1-14-4-10-20-23(12-14)34-26(30-20)17-5-7-18(8-6-17)28-24(31)15(2)27-19-9-11-22-21(13-19)29-25(32)16(3)33-22/h4-13,15-16,27H,1-3H3,(H,28,31)(H,29,32). The second-order valence-corrected chi connectivity index (χ2v) is 9.41. The number of amides is 2. The highest BCUT2D eigenvalue weighted by molar-refractivity contribution is 7.21. The van der Waals surface area contributed by atoms with Gasteiger partial charge in [0.05, 0.1) is 15.9 Å². The van der Waals surface area contributed by atoms with Crippen LogP contribution < -0.4 is 20.7 Å². The molecule has 0 saturated carbocycles. The molecule has 4 aromatic rings. The molecule has 2 unspecified atom stereocenters. The number of nitrogens with zero attached hydrogens (tertiary/aromatic N) is 1. The first-order valence-corrected chi connectivity index (χ1v) is 11.8. The number of ether oxygens (including phenoxy) is 1. The smallest absolute Gasteiger partial charge is 0.265 e. The van der Waals surface area contributed by atoms with Crippen LogP contribution in [-0.4, -0.2) is 28.9 Å². The van der Waals surface area contributed by atoms with Crippen LogP contribution in [0.3, 0.4) is 0 Å². The lowest BCUT2D eigenvalue weighted by atomic mass is 10.2. The minimum Gasteiger partial charge on any atom is -0.479 e. The largest absolute Gasteiger partial charge is 0.479 e. The molecule has 8 heteroatoms. The Bertz CT molecular complexity index is 1400. The van der Waals surface area contributed by atoms with Crippen LogP contribution in [0.2, 0.25) is 0 Å². The van der Waals surface area contributed by atoms with E-state index in [1.807, 2.05) is 36.4 Å². The zero-order valence-electron chi connectivity index (χ0n) is 19.0. The van der Waals surface area contributed by atoms with E-state index in [1.165, 1.54) is 5.56 Å². The van der Waals surface area contributed by atoms with Crippen LogP contribution >= 0.6 is 11.3 Å². The fourth-order valence-corrected chi connectivity index (χ4v) is 4.79. The number of carbonyl (C=O) groups is 2. The number of thiazole rings is 1. The van der Waals surface area contributed by atoms with Crippen LogP contribution in [0.5, 0.6) is 5.75 Å². The molecule has 0 radical (unpaired) electrons. The first-order chi connectivity index (χ1) is 16.4. The van der Waals surface area contributed by atoms with Crippen molar-refractivity contribution in [1.82, 2.24) is 4.98 Å². The summed E-state index contributed by atoms with van der Waals surface area (Å²) < 4.78 is 6.73. The Morgan fingerprint density at radius 3 is 2.65 bits per heavy atom. The molecule has 3 aromatic carbocycles. The van der Waals surface area contributed by atoms with Gasteiger partial charge in [-0.1, -0.05) is 6.07 Å². The molecular formula is C26H24N4O3S. The number of aryl methyl sites for hydroxylation is 1. The van der Waals surface area contributed by atoms with Gasteiger partial charge in [0.25, 0.3) is 5.91 Å². The van der Waals surface area contributed by atoms with E-state index in [2.05, 4.69) is 35.0 Å². The third kappa shape index (κ3) is 4.45.